The number of carbonyl (C=O) groups excluding carboxylic acids is 1. The number of rotatable bonds is 3. The van der Waals surface area contributed by atoms with Gasteiger partial charge in [-0.25, -0.2) is 0 Å². The smallest absolute Gasteiger partial charge is 0.251 e. The molecule has 0 heterocycles. The molecule has 1 aromatic rings. The molecule has 0 spiro atoms. The van der Waals surface area contributed by atoms with Gasteiger partial charge in [0.25, 0.3) is 5.91 Å². The average molecular weight is 307 g/mol. The van der Waals surface area contributed by atoms with E-state index in [1.807, 2.05) is 6.07 Å². The van der Waals surface area contributed by atoms with E-state index in [1.165, 1.54) is 0 Å². The van der Waals surface area contributed by atoms with E-state index in [9.17, 15) is 4.79 Å². The summed E-state index contributed by atoms with van der Waals surface area (Å²) >= 11 is 2.10. The van der Waals surface area contributed by atoms with E-state index in [0.29, 0.717) is 5.56 Å². The Morgan fingerprint density at radius 1 is 1.50 bits per heavy atom. The molecule has 76 valence electrons. The molecule has 0 bridgehead atoms. The van der Waals surface area contributed by atoms with Crippen molar-refractivity contribution in [3.63, 3.8) is 0 Å². The third kappa shape index (κ3) is 3.60. The molecule has 0 aliphatic heterocycles. The molecule has 0 saturated carbocycles. The summed E-state index contributed by atoms with van der Waals surface area (Å²) in [7, 11) is 0. The Morgan fingerprint density at radius 2 is 2.21 bits per heavy atom. The molecule has 0 aromatic heterocycles. The summed E-state index contributed by atoms with van der Waals surface area (Å²) in [6, 6.07) is 7.03. The maximum absolute atomic E-state index is 11.4. The van der Waals surface area contributed by atoms with Crippen LogP contribution in [0.4, 0.5) is 0 Å². The number of aliphatic hydroxyl groups is 2. The van der Waals surface area contributed by atoms with E-state index >= 15 is 0 Å². The quantitative estimate of drug-likeness (QED) is 0.557. The zero-order valence-electron chi connectivity index (χ0n) is 7.27. The Kier molecular flexibility index (Phi) is 4.30. The summed E-state index contributed by atoms with van der Waals surface area (Å²) in [6.07, 6.45) is -1.51. The van der Waals surface area contributed by atoms with Crippen LogP contribution >= 0.6 is 22.6 Å². The largest absolute Gasteiger partial charge is 0.367 e. The lowest BCUT2D eigenvalue weighted by Crippen LogP contribution is -2.31. The summed E-state index contributed by atoms with van der Waals surface area (Å²) < 4.78 is 0.958. The lowest BCUT2D eigenvalue weighted by molar-refractivity contribution is -0.0361. The zero-order valence-corrected chi connectivity index (χ0v) is 9.43. The monoisotopic (exact) mass is 307 g/mol. The predicted octanol–water partition coefficient (Wildman–Crippen LogP) is 0.332. The number of halogens is 1. The van der Waals surface area contributed by atoms with E-state index in [1.54, 1.807) is 18.2 Å². The first-order chi connectivity index (χ1) is 6.59. The molecule has 0 saturated heterocycles. The minimum absolute atomic E-state index is 0.162. The lowest BCUT2D eigenvalue weighted by atomic mass is 10.2. The first-order valence-electron chi connectivity index (χ1n) is 3.99. The normalized spacial score (nSPS) is 10.3. The van der Waals surface area contributed by atoms with Crippen molar-refractivity contribution in [2.75, 3.05) is 6.54 Å². The molecule has 0 unspecified atom stereocenters. The van der Waals surface area contributed by atoms with Crippen LogP contribution in [0.5, 0.6) is 0 Å². The first kappa shape index (κ1) is 11.4. The van der Waals surface area contributed by atoms with Crippen molar-refractivity contribution in [1.29, 1.82) is 0 Å². The van der Waals surface area contributed by atoms with Crippen molar-refractivity contribution in [2.45, 2.75) is 6.29 Å². The fourth-order valence-electron chi connectivity index (χ4n) is 0.916. The van der Waals surface area contributed by atoms with Crippen LogP contribution in [0.3, 0.4) is 0 Å². The minimum Gasteiger partial charge on any atom is -0.367 e. The molecule has 0 radical (unpaired) electrons. The number of carbonyl (C=O) groups is 1. The second-order valence-corrected chi connectivity index (χ2v) is 3.95. The van der Waals surface area contributed by atoms with Gasteiger partial charge in [-0.3, -0.25) is 4.79 Å². The lowest BCUT2D eigenvalue weighted by Gasteiger charge is -2.06. The molecule has 3 N–H and O–H groups in total. The molecule has 0 atom stereocenters. The fraction of sp³-hybridized carbons (Fsp3) is 0.222. The van der Waals surface area contributed by atoms with Crippen molar-refractivity contribution in [3.05, 3.63) is 33.4 Å². The van der Waals surface area contributed by atoms with Gasteiger partial charge in [-0.2, -0.15) is 0 Å². The number of aliphatic hydroxyl groups excluding tert-OH is 1. The summed E-state index contributed by atoms with van der Waals surface area (Å²) in [5, 5.41) is 19.5. The molecule has 14 heavy (non-hydrogen) atoms. The van der Waals surface area contributed by atoms with Gasteiger partial charge >= 0.3 is 0 Å². The minimum atomic E-state index is -1.51. The van der Waals surface area contributed by atoms with Crippen LogP contribution in [0.15, 0.2) is 24.3 Å². The van der Waals surface area contributed by atoms with Crippen molar-refractivity contribution in [1.82, 2.24) is 5.32 Å². The topological polar surface area (TPSA) is 69.6 Å². The number of hydrogen-bond donors (Lipinski definition) is 3. The number of nitrogens with one attached hydrogen (secondary N) is 1. The van der Waals surface area contributed by atoms with Crippen LogP contribution in [-0.2, 0) is 0 Å². The Hall–Kier alpha value is -0.660. The van der Waals surface area contributed by atoms with Crippen LogP contribution in [0.1, 0.15) is 10.4 Å². The van der Waals surface area contributed by atoms with Crippen molar-refractivity contribution < 1.29 is 15.0 Å². The fourth-order valence-corrected chi connectivity index (χ4v) is 1.46. The molecule has 1 aromatic carbocycles. The van der Waals surface area contributed by atoms with Crippen LogP contribution in [0.2, 0.25) is 0 Å². The number of amides is 1. The van der Waals surface area contributed by atoms with E-state index in [-0.39, 0.29) is 12.5 Å². The maximum atomic E-state index is 11.4. The van der Waals surface area contributed by atoms with Gasteiger partial charge in [-0.15, -0.1) is 0 Å². The van der Waals surface area contributed by atoms with E-state index in [0.717, 1.165) is 3.57 Å². The van der Waals surface area contributed by atoms with Gasteiger partial charge in [-0.05, 0) is 40.8 Å². The molecule has 1 rings (SSSR count). The van der Waals surface area contributed by atoms with Crippen molar-refractivity contribution in [2.24, 2.45) is 0 Å². The molecule has 0 aliphatic carbocycles. The second kappa shape index (κ2) is 5.28. The maximum Gasteiger partial charge on any atom is 0.251 e. The molecular weight excluding hydrogens is 297 g/mol. The van der Waals surface area contributed by atoms with Crippen LogP contribution in [0.25, 0.3) is 0 Å². The summed E-state index contributed by atoms with van der Waals surface area (Å²) in [5.41, 5.74) is 0.512. The van der Waals surface area contributed by atoms with Gasteiger partial charge < -0.3 is 15.5 Å². The molecule has 0 aliphatic rings. The third-order valence-corrected chi connectivity index (χ3v) is 2.20. The third-order valence-electron chi connectivity index (χ3n) is 1.53. The number of benzene rings is 1. The second-order valence-electron chi connectivity index (χ2n) is 2.70. The first-order valence-corrected chi connectivity index (χ1v) is 5.07. The van der Waals surface area contributed by atoms with Crippen LogP contribution in [-0.4, -0.2) is 29.0 Å². The molecule has 0 fully saturated rings. The van der Waals surface area contributed by atoms with Crippen molar-refractivity contribution >= 4 is 28.5 Å². The van der Waals surface area contributed by atoms with Gasteiger partial charge in [0.1, 0.15) is 0 Å². The van der Waals surface area contributed by atoms with Crippen LogP contribution < -0.4 is 5.32 Å². The summed E-state index contributed by atoms with van der Waals surface area (Å²) in [6.45, 7) is -0.162. The van der Waals surface area contributed by atoms with Gasteiger partial charge in [0.2, 0.25) is 0 Å². The highest BCUT2D eigenvalue weighted by Crippen LogP contribution is 2.07. The van der Waals surface area contributed by atoms with Gasteiger partial charge in [0.15, 0.2) is 6.29 Å². The van der Waals surface area contributed by atoms with E-state index < -0.39 is 6.29 Å². The van der Waals surface area contributed by atoms with Gasteiger partial charge in [-0.1, -0.05) is 6.07 Å². The standard InChI is InChI=1S/C9H10INO3/c10-7-3-1-2-6(4-7)9(14)11-5-8(12)13/h1-4,8,12-13H,5H2,(H,11,14). The highest BCUT2D eigenvalue weighted by atomic mass is 127. The Balaban J connectivity index is 2.61. The zero-order chi connectivity index (χ0) is 10.6. The van der Waals surface area contributed by atoms with Gasteiger partial charge in [0.05, 0.1) is 6.54 Å². The Morgan fingerprint density at radius 3 is 2.79 bits per heavy atom. The van der Waals surface area contributed by atoms with E-state index in [4.69, 9.17) is 10.2 Å². The summed E-state index contributed by atoms with van der Waals surface area (Å²) in [4.78, 5) is 11.4. The highest BCUT2D eigenvalue weighted by Gasteiger charge is 2.06. The Bertz CT molecular complexity index is 328. The average Bonchev–Trinajstić information content (AvgIpc) is 2.14. The molecular formula is C9H10INO3. The highest BCUT2D eigenvalue weighted by molar-refractivity contribution is 14.1. The summed E-state index contributed by atoms with van der Waals surface area (Å²) in [5.74, 6) is -0.309. The molecule has 1 amide bonds. The van der Waals surface area contributed by atoms with E-state index in [2.05, 4.69) is 27.9 Å². The Labute approximate surface area is 95.1 Å². The predicted molar refractivity (Wildman–Crippen MR) is 59.7 cm³/mol. The van der Waals surface area contributed by atoms with Crippen molar-refractivity contribution in [3.8, 4) is 0 Å². The molecule has 4 nitrogen and oxygen atoms in total. The number of hydrogen-bond acceptors (Lipinski definition) is 3. The SMILES string of the molecule is O=C(NCC(O)O)c1cccc(I)c1. The molecule has 5 heteroatoms. The van der Waals surface area contributed by atoms with Gasteiger partial charge in [0, 0.05) is 9.13 Å². The van der Waals surface area contributed by atoms with Crippen LogP contribution in [0, 0.1) is 3.57 Å².